The van der Waals surface area contributed by atoms with Crippen LogP contribution in [0.3, 0.4) is 0 Å². The van der Waals surface area contributed by atoms with E-state index in [9.17, 15) is 13.5 Å². The van der Waals surface area contributed by atoms with Crippen molar-refractivity contribution in [3.8, 4) is 0 Å². The summed E-state index contributed by atoms with van der Waals surface area (Å²) in [5, 5.41) is 10.5. The van der Waals surface area contributed by atoms with Gasteiger partial charge >= 0.3 is 0 Å². The maximum absolute atomic E-state index is 12.8. The van der Waals surface area contributed by atoms with E-state index in [4.69, 9.17) is 0 Å². The summed E-state index contributed by atoms with van der Waals surface area (Å²) in [5.74, 6) is 0. The fraction of sp³-hybridized carbons (Fsp3) is 0.118. The molecule has 2 aromatic heterocycles. The van der Waals surface area contributed by atoms with E-state index in [0.29, 0.717) is 5.69 Å². The molecule has 0 fully saturated rings. The Labute approximate surface area is 134 Å². The number of nitrogens with zero attached hydrogens (tertiary/aromatic N) is 2. The Morgan fingerprint density at radius 2 is 1.78 bits per heavy atom. The van der Waals surface area contributed by atoms with Crippen LogP contribution in [0, 0.1) is 6.92 Å². The van der Waals surface area contributed by atoms with E-state index in [0.717, 1.165) is 9.54 Å². The molecule has 3 aromatic rings. The fourth-order valence-corrected chi connectivity index (χ4v) is 3.70. The van der Waals surface area contributed by atoms with Gasteiger partial charge in [-0.05, 0) is 43.3 Å². The van der Waals surface area contributed by atoms with E-state index < -0.39 is 16.1 Å². The van der Waals surface area contributed by atoms with E-state index in [1.807, 2.05) is 6.92 Å². The minimum Gasteiger partial charge on any atom is -0.380 e. The molecular weight excluding hydrogens is 312 g/mol. The predicted molar refractivity (Wildman–Crippen MR) is 86.5 cm³/mol. The predicted octanol–water partition coefficient (Wildman–Crippen LogP) is 2.51. The van der Waals surface area contributed by atoms with Crippen molar-refractivity contribution in [2.75, 3.05) is 0 Å². The SMILES string of the molecule is Cc1ccc(S(=O)(=O)n2cccc2C(O)c2ccccn2)cc1. The first-order chi connectivity index (χ1) is 11.0. The van der Waals surface area contributed by atoms with E-state index in [-0.39, 0.29) is 10.6 Å². The summed E-state index contributed by atoms with van der Waals surface area (Å²) in [7, 11) is -3.77. The fourth-order valence-electron chi connectivity index (χ4n) is 2.32. The molecule has 1 unspecified atom stereocenters. The molecule has 0 saturated carbocycles. The molecule has 0 aliphatic heterocycles. The molecule has 0 saturated heterocycles. The third-order valence-corrected chi connectivity index (χ3v) is 5.29. The number of rotatable bonds is 4. The Hall–Kier alpha value is -2.44. The first-order valence-electron chi connectivity index (χ1n) is 7.08. The maximum Gasteiger partial charge on any atom is 0.267 e. The molecule has 0 bridgehead atoms. The number of aryl methyl sites for hydroxylation is 1. The number of pyridine rings is 1. The Bertz CT molecular complexity index is 901. The molecule has 0 aliphatic carbocycles. The molecule has 118 valence electrons. The van der Waals surface area contributed by atoms with Crippen LogP contribution in [0.5, 0.6) is 0 Å². The second-order valence-electron chi connectivity index (χ2n) is 5.20. The van der Waals surface area contributed by atoms with Gasteiger partial charge in [0.1, 0.15) is 6.10 Å². The van der Waals surface area contributed by atoms with Gasteiger partial charge in [0.15, 0.2) is 0 Å². The summed E-state index contributed by atoms with van der Waals surface area (Å²) in [5.41, 5.74) is 1.63. The van der Waals surface area contributed by atoms with Crippen LogP contribution in [-0.4, -0.2) is 22.5 Å². The van der Waals surface area contributed by atoms with Crippen molar-refractivity contribution in [1.82, 2.24) is 8.96 Å². The van der Waals surface area contributed by atoms with Gasteiger partial charge in [0.05, 0.1) is 16.3 Å². The molecule has 5 nitrogen and oxygen atoms in total. The van der Waals surface area contributed by atoms with Crippen molar-refractivity contribution in [3.05, 3.63) is 83.9 Å². The standard InChI is InChI=1S/C17H16N2O3S/c1-13-7-9-14(10-8-13)23(21,22)19-12-4-6-16(19)17(20)15-5-2-3-11-18-15/h2-12,17,20H,1H3. The molecule has 1 N–H and O–H groups in total. The number of hydrogen-bond acceptors (Lipinski definition) is 4. The first kappa shape index (κ1) is 15.5. The van der Waals surface area contributed by atoms with Gasteiger partial charge in [-0.25, -0.2) is 12.4 Å². The summed E-state index contributed by atoms with van der Waals surface area (Å²) in [6, 6.07) is 14.9. The number of benzene rings is 1. The summed E-state index contributed by atoms with van der Waals surface area (Å²) in [6.07, 6.45) is 1.86. The largest absolute Gasteiger partial charge is 0.380 e. The smallest absolute Gasteiger partial charge is 0.267 e. The second-order valence-corrected chi connectivity index (χ2v) is 7.02. The van der Waals surface area contributed by atoms with Crippen molar-refractivity contribution in [1.29, 1.82) is 0 Å². The van der Waals surface area contributed by atoms with Gasteiger partial charge in [-0.3, -0.25) is 4.98 Å². The molecular formula is C17H16N2O3S. The van der Waals surface area contributed by atoms with Crippen LogP contribution in [0.15, 0.2) is 71.9 Å². The highest BCUT2D eigenvalue weighted by atomic mass is 32.2. The van der Waals surface area contributed by atoms with Crippen LogP contribution in [0.25, 0.3) is 0 Å². The lowest BCUT2D eigenvalue weighted by atomic mass is 10.2. The summed E-state index contributed by atoms with van der Waals surface area (Å²) in [4.78, 5) is 4.26. The minimum atomic E-state index is -3.77. The normalized spacial score (nSPS) is 13.0. The molecule has 2 heterocycles. The van der Waals surface area contributed by atoms with Crippen molar-refractivity contribution >= 4 is 10.0 Å². The second kappa shape index (κ2) is 5.98. The Morgan fingerprint density at radius 1 is 1.04 bits per heavy atom. The number of hydrogen-bond donors (Lipinski definition) is 1. The van der Waals surface area contributed by atoms with Crippen LogP contribution in [0.4, 0.5) is 0 Å². The molecule has 1 atom stereocenters. The third kappa shape index (κ3) is 2.91. The van der Waals surface area contributed by atoms with Gasteiger partial charge in [-0.1, -0.05) is 23.8 Å². The van der Waals surface area contributed by atoms with Gasteiger partial charge in [0.2, 0.25) is 0 Å². The van der Waals surface area contributed by atoms with Crippen LogP contribution < -0.4 is 0 Å². The minimum absolute atomic E-state index is 0.175. The lowest BCUT2D eigenvalue weighted by Crippen LogP contribution is -2.17. The van der Waals surface area contributed by atoms with E-state index >= 15 is 0 Å². The Kier molecular flexibility index (Phi) is 4.02. The Morgan fingerprint density at radius 3 is 2.43 bits per heavy atom. The van der Waals surface area contributed by atoms with Crippen molar-refractivity contribution < 1.29 is 13.5 Å². The van der Waals surface area contributed by atoms with E-state index in [1.54, 1.807) is 60.8 Å². The lowest BCUT2D eigenvalue weighted by Gasteiger charge is -2.15. The summed E-state index contributed by atoms with van der Waals surface area (Å²) in [6.45, 7) is 1.89. The van der Waals surface area contributed by atoms with E-state index in [2.05, 4.69) is 4.98 Å². The summed E-state index contributed by atoms with van der Waals surface area (Å²) < 4.78 is 26.7. The topological polar surface area (TPSA) is 72.2 Å². The van der Waals surface area contributed by atoms with Crippen molar-refractivity contribution in [2.24, 2.45) is 0 Å². The molecule has 6 heteroatoms. The average Bonchev–Trinajstić information content (AvgIpc) is 3.06. The van der Waals surface area contributed by atoms with Crippen LogP contribution >= 0.6 is 0 Å². The highest BCUT2D eigenvalue weighted by Gasteiger charge is 2.24. The molecule has 0 amide bonds. The van der Waals surface area contributed by atoms with Gasteiger partial charge in [0, 0.05) is 12.4 Å². The molecule has 0 aliphatic rings. The van der Waals surface area contributed by atoms with E-state index in [1.165, 1.54) is 6.20 Å². The third-order valence-electron chi connectivity index (χ3n) is 3.57. The maximum atomic E-state index is 12.8. The Balaban J connectivity index is 2.05. The molecule has 23 heavy (non-hydrogen) atoms. The van der Waals surface area contributed by atoms with Gasteiger partial charge in [-0.2, -0.15) is 0 Å². The zero-order chi connectivity index (χ0) is 16.4. The van der Waals surface area contributed by atoms with Crippen LogP contribution in [-0.2, 0) is 10.0 Å². The zero-order valence-corrected chi connectivity index (χ0v) is 13.3. The first-order valence-corrected chi connectivity index (χ1v) is 8.52. The quantitative estimate of drug-likeness (QED) is 0.799. The number of aliphatic hydroxyl groups is 1. The number of aliphatic hydroxyl groups excluding tert-OH is 1. The molecule has 0 spiro atoms. The zero-order valence-electron chi connectivity index (χ0n) is 12.5. The highest BCUT2D eigenvalue weighted by Crippen LogP contribution is 2.24. The average molecular weight is 328 g/mol. The van der Waals surface area contributed by atoms with Crippen molar-refractivity contribution in [3.63, 3.8) is 0 Å². The van der Waals surface area contributed by atoms with Gasteiger partial charge in [0.25, 0.3) is 10.0 Å². The van der Waals surface area contributed by atoms with Crippen LogP contribution in [0.2, 0.25) is 0 Å². The van der Waals surface area contributed by atoms with Crippen molar-refractivity contribution in [2.45, 2.75) is 17.9 Å². The molecule has 3 rings (SSSR count). The monoisotopic (exact) mass is 328 g/mol. The lowest BCUT2D eigenvalue weighted by molar-refractivity contribution is 0.209. The van der Waals surface area contributed by atoms with Gasteiger partial charge < -0.3 is 5.11 Å². The summed E-state index contributed by atoms with van der Waals surface area (Å²) >= 11 is 0. The van der Waals surface area contributed by atoms with Crippen LogP contribution in [0.1, 0.15) is 23.1 Å². The molecule has 0 radical (unpaired) electrons. The van der Waals surface area contributed by atoms with Gasteiger partial charge in [-0.15, -0.1) is 0 Å². The molecule has 1 aromatic carbocycles. The highest BCUT2D eigenvalue weighted by molar-refractivity contribution is 7.90. The number of aromatic nitrogens is 2.